The minimum atomic E-state index is -4.34. The van der Waals surface area contributed by atoms with Crippen molar-refractivity contribution in [2.24, 2.45) is 0 Å². The van der Waals surface area contributed by atoms with E-state index in [-0.39, 0.29) is 5.57 Å². The summed E-state index contributed by atoms with van der Waals surface area (Å²) in [5.41, 5.74) is 1.46. The minimum absolute atomic E-state index is 0.131. The summed E-state index contributed by atoms with van der Waals surface area (Å²) in [5, 5.41) is 2.80. The maximum Gasteiger partial charge on any atom is 0.391 e. The highest BCUT2D eigenvalue weighted by Gasteiger charge is 2.37. The van der Waals surface area contributed by atoms with E-state index in [9.17, 15) is 18.0 Å². The lowest BCUT2D eigenvalue weighted by atomic mass is 9.94. The number of hydrogen-bond acceptors (Lipinski definition) is 2. The second-order valence-electron chi connectivity index (χ2n) is 4.90. The molecule has 3 nitrogen and oxygen atoms in total. The van der Waals surface area contributed by atoms with E-state index in [4.69, 9.17) is 0 Å². The molecule has 1 aliphatic heterocycles. The number of benzene rings is 1. The van der Waals surface area contributed by atoms with Crippen molar-refractivity contribution in [3.05, 3.63) is 35.4 Å². The Morgan fingerprint density at radius 3 is 2.55 bits per heavy atom. The van der Waals surface area contributed by atoms with Gasteiger partial charge in [0.2, 0.25) is 0 Å². The fraction of sp³-hybridized carbons (Fsp3) is 0.357. The molecule has 1 aromatic rings. The monoisotopic (exact) mass is 284 g/mol. The number of anilines is 1. The number of fused-ring (bicyclic) bond motifs is 1. The second kappa shape index (κ2) is 5.19. The van der Waals surface area contributed by atoms with Crippen LogP contribution in [0.2, 0.25) is 0 Å². The van der Waals surface area contributed by atoms with Gasteiger partial charge in [-0.2, -0.15) is 13.2 Å². The molecule has 0 fully saturated rings. The number of amides is 1. The molecule has 1 aromatic carbocycles. The smallest absolute Gasteiger partial charge is 0.377 e. The molecule has 0 aliphatic carbocycles. The fourth-order valence-corrected chi connectivity index (χ4v) is 2.15. The molecule has 0 bridgehead atoms. The topological polar surface area (TPSA) is 32.3 Å². The third-order valence-electron chi connectivity index (χ3n) is 3.07. The summed E-state index contributed by atoms with van der Waals surface area (Å²) >= 11 is 0. The van der Waals surface area contributed by atoms with Crippen molar-refractivity contribution in [3.63, 3.8) is 0 Å². The van der Waals surface area contributed by atoms with Crippen molar-refractivity contribution in [2.45, 2.75) is 18.6 Å². The third kappa shape index (κ3) is 3.12. The lowest BCUT2D eigenvalue weighted by Gasteiger charge is -2.29. The van der Waals surface area contributed by atoms with Crippen LogP contribution in [0.5, 0.6) is 0 Å². The molecule has 0 radical (unpaired) electrons. The van der Waals surface area contributed by atoms with E-state index in [1.165, 1.54) is 25.1 Å². The first kappa shape index (κ1) is 14.4. The van der Waals surface area contributed by atoms with E-state index in [2.05, 4.69) is 5.32 Å². The molecule has 1 amide bonds. The van der Waals surface area contributed by atoms with Crippen LogP contribution in [-0.4, -0.2) is 37.1 Å². The molecule has 0 spiro atoms. The zero-order valence-corrected chi connectivity index (χ0v) is 11.2. The van der Waals surface area contributed by atoms with Gasteiger partial charge in [-0.05, 0) is 17.7 Å². The predicted molar refractivity (Wildman–Crippen MR) is 71.2 cm³/mol. The Kier molecular flexibility index (Phi) is 3.74. The van der Waals surface area contributed by atoms with Crippen LogP contribution in [0.3, 0.4) is 0 Å². The number of alkyl halides is 3. The number of likely N-dealkylation sites (N-methyl/N-ethyl adjacent to an activating group) is 1. The first-order valence-corrected chi connectivity index (χ1v) is 6.13. The molecular weight excluding hydrogens is 269 g/mol. The largest absolute Gasteiger partial charge is 0.391 e. The van der Waals surface area contributed by atoms with Crippen molar-refractivity contribution < 1.29 is 18.0 Å². The predicted octanol–water partition coefficient (Wildman–Crippen LogP) is 2.90. The molecule has 0 saturated carbocycles. The van der Waals surface area contributed by atoms with Gasteiger partial charge in [-0.1, -0.05) is 18.2 Å². The van der Waals surface area contributed by atoms with Crippen LogP contribution in [0.25, 0.3) is 6.08 Å². The van der Waals surface area contributed by atoms with E-state index in [0.29, 0.717) is 5.69 Å². The van der Waals surface area contributed by atoms with E-state index < -0.39 is 24.5 Å². The molecule has 1 N–H and O–H groups in total. The molecular formula is C14H15F3N2O. The lowest BCUT2D eigenvalue weighted by Crippen LogP contribution is -2.38. The number of hydrogen-bond donors (Lipinski definition) is 1. The van der Waals surface area contributed by atoms with Gasteiger partial charge in [-0.3, -0.25) is 4.79 Å². The van der Waals surface area contributed by atoms with Gasteiger partial charge in [-0.15, -0.1) is 0 Å². The highest BCUT2D eigenvalue weighted by molar-refractivity contribution is 6.01. The summed E-state index contributed by atoms with van der Waals surface area (Å²) in [5.74, 6) is -0.416. The van der Waals surface area contributed by atoms with Crippen molar-refractivity contribution in [3.8, 4) is 0 Å². The minimum Gasteiger partial charge on any atom is -0.377 e. The quantitative estimate of drug-likeness (QED) is 0.905. The van der Waals surface area contributed by atoms with Gasteiger partial charge in [0.25, 0.3) is 5.91 Å². The van der Waals surface area contributed by atoms with E-state index in [1.807, 2.05) is 0 Å². The van der Waals surface area contributed by atoms with Crippen LogP contribution in [0.1, 0.15) is 12.0 Å². The average molecular weight is 284 g/mol. The maximum atomic E-state index is 12.7. The first-order valence-electron chi connectivity index (χ1n) is 6.13. The molecule has 1 heterocycles. The Balaban J connectivity index is 2.40. The Labute approximate surface area is 115 Å². The molecule has 20 heavy (non-hydrogen) atoms. The number of halogens is 3. The molecule has 0 saturated heterocycles. The van der Waals surface area contributed by atoms with Gasteiger partial charge < -0.3 is 10.2 Å². The molecule has 1 atom stereocenters. The van der Waals surface area contributed by atoms with Gasteiger partial charge in [0, 0.05) is 25.4 Å². The second-order valence-corrected chi connectivity index (χ2v) is 4.90. The fourth-order valence-electron chi connectivity index (χ4n) is 2.15. The molecule has 2 rings (SSSR count). The molecule has 6 heteroatoms. The van der Waals surface area contributed by atoms with Gasteiger partial charge >= 0.3 is 6.18 Å². The molecule has 1 unspecified atom stereocenters. The average Bonchev–Trinajstić information content (AvgIpc) is 2.35. The highest BCUT2D eigenvalue weighted by atomic mass is 19.4. The third-order valence-corrected chi connectivity index (χ3v) is 3.07. The van der Waals surface area contributed by atoms with Gasteiger partial charge in [0.05, 0.1) is 12.5 Å². The molecule has 1 aliphatic rings. The van der Waals surface area contributed by atoms with Crippen molar-refractivity contribution >= 4 is 17.7 Å². The normalized spacial score (nSPS) is 17.9. The molecule has 108 valence electrons. The van der Waals surface area contributed by atoms with Crippen LogP contribution in [-0.2, 0) is 4.79 Å². The number of carbonyl (C=O) groups excluding carboxylic acids is 1. The van der Waals surface area contributed by atoms with Crippen LogP contribution in [0.15, 0.2) is 29.8 Å². The Morgan fingerprint density at radius 2 is 1.95 bits per heavy atom. The Morgan fingerprint density at radius 1 is 1.30 bits per heavy atom. The summed E-state index contributed by atoms with van der Waals surface area (Å²) in [6.07, 6.45) is -3.88. The maximum absolute atomic E-state index is 12.7. The van der Waals surface area contributed by atoms with Crippen LogP contribution in [0.4, 0.5) is 18.9 Å². The lowest BCUT2D eigenvalue weighted by molar-refractivity contribution is -0.136. The highest BCUT2D eigenvalue weighted by Crippen LogP contribution is 2.33. The summed E-state index contributed by atoms with van der Waals surface area (Å²) < 4.78 is 38.0. The van der Waals surface area contributed by atoms with Crippen LogP contribution in [0, 0.1) is 0 Å². The van der Waals surface area contributed by atoms with E-state index >= 15 is 0 Å². The summed E-state index contributed by atoms with van der Waals surface area (Å²) in [6.45, 7) is 0. The summed E-state index contributed by atoms with van der Waals surface area (Å²) in [6, 6.07) is 5.92. The zero-order chi connectivity index (χ0) is 14.9. The number of nitrogens with one attached hydrogen (secondary N) is 1. The van der Waals surface area contributed by atoms with Crippen molar-refractivity contribution in [1.29, 1.82) is 0 Å². The number of rotatable bonds is 2. The zero-order valence-electron chi connectivity index (χ0n) is 11.2. The Bertz CT molecular complexity index is 550. The van der Waals surface area contributed by atoms with E-state index in [1.54, 1.807) is 24.3 Å². The van der Waals surface area contributed by atoms with Crippen molar-refractivity contribution in [2.75, 3.05) is 19.4 Å². The van der Waals surface area contributed by atoms with Crippen LogP contribution < -0.4 is 5.32 Å². The SMILES string of the molecule is CN(C)C(=O)C1=Cc2ccccc2NC1CC(F)(F)F. The summed E-state index contributed by atoms with van der Waals surface area (Å²) in [4.78, 5) is 13.3. The van der Waals surface area contributed by atoms with E-state index in [0.717, 1.165) is 5.56 Å². The molecule has 0 aromatic heterocycles. The van der Waals surface area contributed by atoms with Gasteiger partial charge in [-0.25, -0.2) is 0 Å². The van der Waals surface area contributed by atoms with Gasteiger partial charge in [0.15, 0.2) is 0 Å². The Hall–Kier alpha value is -1.98. The summed E-state index contributed by atoms with van der Waals surface area (Å²) in [7, 11) is 3.04. The van der Waals surface area contributed by atoms with Crippen molar-refractivity contribution in [1.82, 2.24) is 4.90 Å². The number of para-hydroxylation sites is 1. The van der Waals surface area contributed by atoms with Gasteiger partial charge in [0.1, 0.15) is 0 Å². The first-order chi connectivity index (χ1) is 9.28. The number of nitrogens with zero attached hydrogens (tertiary/aromatic N) is 1. The number of carbonyl (C=O) groups is 1. The van der Waals surface area contributed by atoms with Crippen LogP contribution >= 0.6 is 0 Å². The standard InChI is InChI=1S/C14H15F3N2O/c1-19(2)13(20)10-7-9-5-3-4-6-11(9)18-12(10)8-14(15,16)17/h3-7,12,18H,8H2,1-2H3.